The highest BCUT2D eigenvalue weighted by atomic mass is 16.5. The van der Waals surface area contributed by atoms with Gasteiger partial charge in [0.15, 0.2) is 0 Å². The van der Waals surface area contributed by atoms with Crippen LogP contribution in [-0.4, -0.2) is 32.2 Å². The molecular formula is C17H25NO3. The van der Waals surface area contributed by atoms with Crippen molar-refractivity contribution in [1.29, 1.82) is 0 Å². The molecule has 0 atom stereocenters. The zero-order valence-corrected chi connectivity index (χ0v) is 12.9. The fraction of sp³-hybridized carbons (Fsp3) is 0.471. The van der Waals surface area contributed by atoms with Crippen LogP contribution in [0.4, 0.5) is 0 Å². The largest absolute Gasteiger partial charge is 0.545 e. The standard InChI is InChI=1S/C17H25NO3/c1-3-11-18(12-4-2)13-14-21-16-8-5-15(6-9-16)7-10-17(19)20/h5-10H,3-4,11-14H2,1-2H3,(H,19,20)/b10-7+. The maximum atomic E-state index is 10.3. The maximum Gasteiger partial charge on any atom is 0.137 e. The van der Waals surface area contributed by atoms with Gasteiger partial charge in [0.25, 0.3) is 0 Å². The van der Waals surface area contributed by atoms with Gasteiger partial charge in [-0.3, -0.25) is 0 Å². The number of ether oxygens (including phenoxy) is 1. The molecule has 1 aromatic carbocycles. The molecule has 21 heavy (non-hydrogen) atoms. The van der Waals surface area contributed by atoms with Crippen LogP contribution in [0.3, 0.4) is 0 Å². The molecule has 0 aliphatic heterocycles. The Hall–Kier alpha value is -1.81. The number of carboxylic acids is 1. The molecule has 0 heterocycles. The van der Waals surface area contributed by atoms with Gasteiger partial charge in [-0.05, 0) is 36.6 Å². The molecule has 116 valence electrons. The number of aliphatic carboxylic acids is 1. The second kappa shape index (κ2) is 10.00. The summed E-state index contributed by atoms with van der Waals surface area (Å²) in [6.07, 6.45) is 4.91. The molecule has 0 amide bonds. The van der Waals surface area contributed by atoms with Crippen molar-refractivity contribution in [3.8, 4) is 5.75 Å². The van der Waals surface area contributed by atoms with Crippen LogP contribution < -0.4 is 14.7 Å². The van der Waals surface area contributed by atoms with Gasteiger partial charge in [-0.1, -0.05) is 32.1 Å². The topological polar surface area (TPSA) is 53.8 Å². The second-order valence-corrected chi connectivity index (χ2v) is 5.07. The number of nitrogens with one attached hydrogen (secondary N) is 1. The first-order valence-corrected chi connectivity index (χ1v) is 7.61. The Morgan fingerprint density at radius 2 is 1.76 bits per heavy atom. The number of benzene rings is 1. The van der Waals surface area contributed by atoms with Crippen molar-refractivity contribution in [2.24, 2.45) is 0 Å². The summed E-state index contributed by atoms with van der Waals surface area (Å²) in [5.41, 5.74) is 0.816. The number of rotatable bonds is 10. The van der Waals surface area contributed by atoms with Crippen LogP contribution in [0, 0.1) is 0 Å². The van der Waals surface area contributed by atoms with Gasteiger partial charge in [-0.15, -0.1) is 0 Å². The summed E-state index contributed by atoms with van der Waals surface area (Å²) < 4.78 is 5.74. The van der Waals surface area contributed by atoms with Gasteiger partial charge >= 0.3 is 0 Å². The summed E-state index contributed by atoms with van der Waals surface area (Å²) in [5.74, 6) is -0.377. The minimum atomic E-state index is -1.19. The van der Waals surface area contributed by atoms with E-state index < -0.39 is 5.97 Å². The van der Waals surface area contributed by atoms with Crippen molar-refractivity contribution in [1.82, 2.24) is 0 Å². The van der Waals surface area contributed by atoms with Gasteiger partial charge in [0.1, 0.15) is 18.9 Å². The van der Waals surface area contributed by atoms with Crippen molar-refractivity contribution in [3.63, 3.8) is 0 Å². The molecule has 0 saturated heterocycles. The molecule has 0 aromatic heterocycles. The lowest BCUT2D eigenvalue weighted by Gasteiger charge is -2.18. The van der Waals surface area contributed by atoms with E-state index in [1.54, 1.807) is 4.90 Å². The number of hydrogen-bond donors (Lipinski definition) is 1. The number of quaternary nitrogens is 1. The molecule has 0 bridgehead atoms. The summed E-state index contributed by atoms with van der Waals surface area (Å²) >= 11 is 0. The summed E-state index contributed by atoms with van der Waals surface area (Å²) in [5, 5.41) is 10.3. The summed E-state index contributed by atoms with van der Waals surface area (Å²) in [6.45, 7) is 8.48. The van der Waals surface area contributed by atoms with E-state index in [0.717, 1.165) is 23.9 Å². The van der Waals surface area contributed by atoms with Crippen LogP contribution in [0.1, 0.15) is 32.3 Å². The highest BCUT2D eigenvalue weighted by Crippen LogP contribution is 2.12. The Labute approximate surface area is 127 Å². The van der Waals surface area contributed by atoms with Crippen LogP contribution in [0.15, 0.2) is 30.3 Å². The summed E-state index contributed by atoms with van der Waals surface area (Å²) in [6, 6.07) is 7.37. The molecule has 1 aromatic rings. The molecule has 0 aliphatic carbocycles. The van der Waals surface area contributed by atoms with Crippen molar-refractivity contribution in [2.45, 2.75) is 26.7 Å². The van der Waals surface area contributed by atoms with E-state index in [0.29, 0.717) is 6.61 Å². The Balaban J connectivity index is 2.40. The van der Waals surface area contributed by atoms with E-state index in [-0.39, 0.29) is 0 Å². The predicted molar refractivity (Wildman–Crippen MR) is 82.1 cm³/mol. The third kappa shape index (κ3) is 7.51. The van der Waals surface area contributed by atoms with E-state index in [4.69, 9.17) is 4.74 Å². The van der Waals surface area contributed by atoms with Crippen LogP contribution >= 0.6 is 0 Å². The Morgan fingerprint density at radius 3 is 2.29 bits per heavy atom. The quantitative estimate of drug-likeness (QED) is 0.640. The lowest BCUT2D eigenvalue weighted by Crippen LogP contribution is -3.12. The van der Waals surface area contributed by atoms with Gasteiger partial charge in [-0.2, -0.15) is 0 Å². The van der Waals surface area contributed by atoms with Crippen molar-refractivity contribution in [3.05, 3.63) is 35.9 Å². The minimum Gasteiger partial charge on any atom is -0.545 e. The first-order chi connectivity index (χ1) is 10.2. The van der Waals surface area contributed by atoms with Gasteiger partial charge in [-0.25, -0.2) is 0 Å². The Bertz CT molecular complexity index is 434. The first kappa shape index (κ1) is 17.2. The third-order valence-corrected chi connectivity index (χ3v) is 3.22. The van der Waals surface area contributed by atoms with E-state index in [1.807, 2.05) is 24.3 Å². The van der Waals surface area contributed by atoms with Crippen molar-refractivity contribution >= 4 is 12.0 Å². The van der Waals surface area contributed by atoms with Crippen molar-refractivity contribution < 1.29 is 19.5 Å². The van der Waals surface area contributed by atoms with Crippen LogP contribution in [-0.2, 0) is 4.79 Å². The average Bonchev–Trinajstić information content (AvgIpc) is 2.47. The van der Waals surface area contributed by atoms with Crippen LogP contribution in [0.2, 0.25) is 0 Å². The number of carboxylic acid groups (broad SMARTS) is 1. The monoisotopic (exact) mass is 291 g/mol. The fourth-order valence-corrected chi connectivity index (χ4v) is 2.23. The molecule has 4 nitrogen and oxygen atoms in total. The van der Waals surface area contributed by atoms with E-state index >= 15 is 0 Å². The first-order valence-electron chi connectivity index (χ1n) is 7.61. The van der Waals surface area contributed by atoms with Crippen LogP contribution in [0.25, 0.3) is 6.08 Å². The van der Waals surface area contributed by atoms with E-state index in [1.165, 1.54) is 32.0 Å². The SMILES string of the molecule is CCC[NH+](CCC)CCOc1ccc(/C=C/C(=O)[O-])cc1. The molecule has 0 radical (unpaired) electrons. The van der Waals surface area contributed by atoms with Gasteiger partial charge in [0.2, 0.25) is 0 Å². The summed E-state index contributed by atoms with van der Waals surface area (Å²) in [7, 11) is 0. The normalized spacial score (nSPS) is 11.2. The van der Waals surface area contributed by atoms with E-state index in [9.17, 15) is 9.90 Å². The average molecular weight is 291 g/mol. The molecule has 1 N–H and O–H groups in total. The predicted octanol–water partition coefficient (Wildman–Crippen LogP) is 0.533. The Kier molecular flexibility index (Phi) is 8.21. The Morgan fingerprint density at radius 1 is 1.14 bits per heavy atom. The smallest absolute Gasteiger partial charge is 0.137 e. The maximum absolute atomic E-state index is 10.3. The number of hydrogen-bond acceptors (Lipinski definition) is 3. The van der Waals surface area contributed by atoms with E-state index in [2.05, 4.69) is 13.8 Å². The molecule has 0 saturated carbocycles. The van der Waals surface area contributed by atoms with Crippen LogP contribution in [0.5, 0.6) is 5.75 Å². The molecule has 0 aliphatic rings. The minimum absolute atomic E-state index is 0.698. The molecule has 4 heteroatoms. The summed E-state index contributed by atoms with van der Waals surface area (Å²) in [4.78, 5) is 11.9. The lowest BCUT2D eigenvalue weighted by atomic mass is 10.2. The van der Waals surface area contributed by atoms with Gasteiger partial charge in [0.05, 0.1) is 19.1 Å². The van der Waals surface area contributed by atoms with Gasteiger partial charge < -0.3 is 19.5 Å². The fourth-order valence-electron chi connectivity index (χ4n) is 2.23. The van der Waals surface area contributed by atoms with Crippen molar-refractivity contribution in [2.75, 3.05) is 26.2 Å². The number of carbonyl (C=O) groups excluding carboxylic acids is 1. The molecule has 0 fully saturated rings. The second-order valence-electron chi connectivity index (χ2n) is 5.07. The third-order valence-electron chi connectivity index (χ3n) is 3.22. The van der Waals surface area contributed by atoms with Gasteiger partial charge in [0, 0.05) is 0 Å². The number of carbonyl (C=O) groups is 1. The highest BCUT2D eigenvalue weighted by molar-refractivity contribution is 5.83. The molecule has 0 spiro atoms. The highest BCUT2D eigenvalue weighted by Gasteiger charge is 2.05. The zero-order valence-electron chi connectivity index (χ0n) is 12.9. The molecule has 1 rings (SSSR count). The molecule has 0 unspecified atom stereocenters. The zero-order chi connectivity index (χ0) is 15.5. The molecular weight excluding hydrogens is 266 g/mol. The lowest BCUT2D eigenvalue weighted by molar-refractivity contribution is -0.900.